The van der Waals surface area contributed by atoms with Gasteiger partial charge in [-0.05, 0) is 30.9 Å². The van der Waals surface area contributed by atoms with Crippen molar-refractivity contribution in [2.45, 2.75) is 25.8 Å². The summed E-state index contributed by atoms with van der Waals surface area (Å²) in [6.45, 7) is 2.18. The molecule has 1 amide bonds. The van der Waals surface area contributed by atoms with E-state index in [4.69, 9.17) is 11.6 Å². The van der Waals surface area contributed by atoms with Crippen molar-refractivity contribution in [1.82, 2.24) is 10.3 Å². The van der Waals surface area contributed by atoms with Crippen LogP contribution in [0.15, 0.2) is 12.1 Å². The van der Waals surface area contributed by atoms with Crippen molar-refractivity contribution in [3.05, 3.63) is 22.8 Å². The minimum absolute atomic E-state index is 0.191. The summed E-state index contributed by atoms with van der Waals surface area (Å²) >= 11 is 5.97. The molecule has 5 heteroatoms. The van der Waals surface area contributed by atoms with E-state index in [-0.39, 0.29) is 17.6 Å². The highest BCUT2D eigenvalue weighted by Crippen LogP contribution is 2.27. The Hall–Kier alpha value is -1.29. The van der Waals surface area contributed by atoms with Gasteiger partial charge < -0.3 is 10.6 Å². The summed E-state index contributed by atoms with van der Waals surface area (Å²) in [5.74, 6) is 1.15. The summed E-state index contributed by atoms with van der Waals surface area (Å²) in [6.07, 6.45) is 2.07. The van der Waals surface area contributed by atoms with Gasteiger partial charge in [-0.2, -0.15) is 0 Å². The van der Waals surface area contributed by atoms with Crippen LogP contribution in [0.2, 0.25) is 5.02 Å². The van der Waals surface area contributed by atoms with Crippen molar-refractivity contribution >= 4 is 23.3 Å². The maximum atomic E-state index is 12.0. The average Bonchev–Trinajstić information content (AvgIpc) is 2.27. The Bertz CT molecular complexity index is 430. The fourth-order valence-electron chi connectivity index (χ4n) is 2.01. The minimum atomic E-state index is -0.191. The molecule has 1 aromatic rings. The first kappa shape index (κ1) is 12.2. The molecule has 1 aliphatic carbocycles. The lowest BCUT2D eigenvalue weighted by atomic mass is 9.82. The lowest BCUT2D eigenvalue weighted by Crippen LogP contribution is -2.43. The van der Waals surface area contributed by atoms with Crippen molar-refractivity contribution in [1.29, 1.82) is 0 Å². The number of aromatic nitrogens is 1. The number of halogens is 1. The van der Waals surface area contributed by atoms with Crippen molar-refractivity contribution in [3.8, 4) is 0 Å². The van der Waals surface area contributed by atoms with E-state index in [2.05, 4.69) is 22.5 Å². The van der Waals surface area contributed by atoms with Crippen LogP contribution in [0.5, 0.6) is 0 Å². The zero-order chi connectivity index (χ0) is 12.4. The topological polar surface area (TPSA) is 54.0 Å². The van der Waals surface area contributed by atoms with E-state index in [1.165, 1.54) is 0 Å². The van der Waals surface area contributed by atoms with E-state index in [1.54, 1.807) is 19.2 Å². The van der Waals surface area contributed by atoms with E-state index in [0.717, 1.165) is 12.8 Å². The predicted molar refractivity (Wildman–Crippen MR) is 68.4 cm³/mol. The fourth-order valence-corrected chi connectivity index (χ4v) is 2.21. The van der Waals surface area contributed by atoms with Crippen LogP contribution in [-0.2, 0) is 0 Å². The van der Waals surface area contributed by atoms with Crippen LogP contribution in [0, 0.1) is 5.92 Å². The molecule has 0 atom stereocenters. The lowest BCUT2D eigenvalue weighted by Gasteiger charge is -2.33. The first-order chi connectivity index (χ1) is 8.10. The summed E-state index contributed by atoms with van der Waals surface area (Å²) in [4.78, 5) is 16.1. The molecule has 0 bridgehead atoms. The maximum Gasteiger partial charge on any atom is 0.271 e. The Morgan fingerprint density at radius 3 is 2.76 bits per heavy atom. The van der Waals surface area contributed by atoms with E-state index in [0.29, 0.717) is 16.8 Å². The van der Waals surface area contributed by atoms with E-state index in [1.807, 2.05) is 0 Å². The predicted octanol–water partition coefficient (Wildman–Crippen LogP) is 2.31. The number of amides is 1. The van der Waals surface area contributed by atoms with E-state index in [9.17, 15) is 4.79 Å². The van der Waals surface area contributed by atoms with Crippen molar-refractivity contribution in [3.63, 3.8) is 0 Å². The highest BCUT2D eigenvalue weighted by Gasteiger charge is 2.27. The molecule has 0 spiro atoms. The normalized spacial score (nSPS) is 22.8. The minimum Gasteiger partial charge on any atom is -0.373 e. The monoisotopic (exact) mass is 253 g/mol. The Kier molecular flexibility index (Phi) is 3.52. The average molecular weight is 254 g/mol. The third-order valence-corrected chi connectivity index (χ3v) is 3.33. The lowest BCUT2D eigenvalue weighted by molar-refractivity contribution is 0.0891. The third-order valence-electron chi connectivity index (χ3n) is 3.03. The molecular weight excluding hydrogens is 238 g/mol. The molecule has 1 aliphatic rings. The smallest absolute Gasteiger partial charge is 0.271 e. The van der Waals surface area contributed by atoms with E-state index < -0.39 is 0 Å². The van der Waals surface area contributed by atoms with Crippen molar-refractivity contribution < 1.29 is 4.79 Å². The molecule has 1 fully saturated rings. The summed E-state index contributed by atoms with van der Waals surface area (Å²) in [5, 5.41) is 6.21. The number of hydrogen-bond acceptors (Lipinski definition) is 3. The fraction of sp³-hybridized carbons (Fsp3) is 0.500. The maximum absolute atomic E-state index is 12.0. The molecule has 2 rings (SSSR count). The van der Waals surface area contributed by atoms with Crippen LogP contribution in [0.1, 0.15) is 30.3 Å². The van der Waals surface area contributed by atoms with Gasteiger partial charge in [0, 0.05) is 13.1 Å². The van der Waals surface area contributed by atoms with Crippen molar-refractivity contribution in [2.24, 2.45) is 5.92 Å². The zero-order valence-electron chi connectivity index (χ0n) is 9.96. The second-order valence-corrected chi connectivity index (χ2v) is 4.93. The van der Waals surface area contributed by atoms with Gasteiger partial charge in [0.1, 0.15) is 11.5 Å². The standard InChI is InChI=1S/C12H16ClN3O/c1-7-5-8(6-7)15-12(17)11-9(13)3-4-10(14-2)16-11/h3-4,7-8H,5-6H2,1-2H3,(H,14,16)(H,15,17). The Morgan fingerprint density at radius 2 is 2.18 bits per heavy atom. The van der Waals surface area contributed by atoms with Gasteiger partial charge in [0.25, 0.3) is 5.91 Å². The first-order valence-electron chi connectivity index (χ1n) is 5.75. The molecule has 2 N–H and O–H groups in total. The van der Waals surface area contributed by atoms with Gasteiger partial charge in [-0.25, -0.2) is 4.98 Å². The first-order valence-corrected chi connectivity index (χ1v) is 6.13. The van der Waals surface area contributed by atoms with Gasteiger partial charge in [-0.15, -0.1) is 0 Å². The van der Waals surface area contributed by atoms with Crippen LogP contribution >= 0.6 is 11.6 Å². The molecule has 92 valence electrons. The molecule has 0 unspecified atom stereocenters. The Morgan fingerprint density at radius 1 is 1.47 bits per heavy atom. The van der Waals surface area contributed by atoms with Gasteiger partial charge in [-0.1, -0.05) is 18.5 Å². The van der Waals surface area contributed by atoms with Crippen molar-refractivity contribution in [2.75, 3.05) is 12.4 Å². The van der Waals surface area contributed by atoms with Gasteiger partial charge >= 0.3 is 0 Å². The second kappa shape index (κ2) is 4.92. The summed E-state index contributed by atoms with van der Waals surface area (Å²) in [7, 11) is 1.76. The van der Waals surface area contributed by atoms with Gasteiger partial charge in [0.2, 0.25) is 0 Å². The molecule has 4 nitrogen and oxygen atoms in total. The van der Waals surface area contributed by atoms with Crippen LogP contribution in [0.3, 0.4) is 0 Å². The number of carbonyl (C=O) groups excluding carboxylic acids is 1. The van der Waals surface area contributed by atoms with Gasteiger partial charge in [-0.3, -0.25) is 4.79 Å². The van der Waals surface area contributed by atoms with Crippen LogP contribution < -0.4 is 10.6 Å². The Labute approximate surface area is 106 Å². The molecule has 1 aromatic heterocycles. The number of pyridine rings is 1. The number of nitrogens with zero attached hydrogens (tertiary/aromatic N) is 1. The molecule has 1 heterocycles. The highest BCUT2D eigenvalue weighted by molar-refractivity contribution is 6.33. The zero-order valence-corrected chi connectivity index (χ0v) is 10.7. The molecule has 1 saturated carbocycles. The summed E-state index contributed by atoms with van der Waals surface area (Å²) < 4.78 is 0. The summed E-state index contributed by atoms with van der Waals surface area (Å²) in [6, 6.07) is 3.69. The number of anilines is 1. The molecule has 0 aromatic carbocycles. The molecule has 0 saturated heterocycles. The number of hydrogen-bond donors (Lipinski definition) is 2. The van der Waals surface area contributed by atoms with Gasteiger partial charge in [0.05, 0.1) is 5.02 Å². The molecule has 0 aliphatic heterocycles. The van der Waals surface area contributed by atoms with Gasteiger partial charge in [0.15, 0.2) is 0 Å². The molecule has 17 heavy (non-hydrogen) atoms. The SMILES string of the molecule is CNc1ccc(Cl)c(C(=O)NC2CC(C)C2)n1. The van der Waals surface area contributed by atoms with E-state index >= 15 is 0 Å². The third kappa shape index (κ3) is 2.69. The van der Waals surface area contributed by atoms with Crippen LogP contribution in [0.4, 0.5) is 5.82 Å². The van der Waals surface area contributed by atoms with Crippen LogP contribution in [0.25, 0.3) is 0 Å². The number of carbonyl (C=O) groups is 1. The highest BCUT2D eigenvalue weighted by atomic mass is 35.5. The molecular formula is C12H16ClN3O. The van der Waals surface area contributed by atoms with Crippen LogP contribution in [-0.4, -0.2) is 24.0 Å². The summed E-state index contributed by atoms with van der Waals surface area (Å²) in [5.41, 5.74) is 0.290. The number of rotatable bonds is 3. The Balaban J connectivity index is 2.07. The largest absolute Gasteiger partial charge is 0.373 e. The number of nitrogens with one attached hydrogen (secondary N) is 2. The quantitative estimate of drug-likeness (QED) is 0.869. The second-order valence-electron chi connectivity index (χ2n) is 4.52. The molecule has 0 radical (unpaired) electrons.